The first kappa shape index (κ1) is 18.8. The van der Waals surface area contributed by atoms with E-state index in [0.717, 1.165) is 25.2 Å². The summed E-state index contributed by atoms with van der Waals surface area (Å²) in [4.78, 5) is 2.36. The summed E-state index contributed by atoms with van der Waals surface area (Å²) in [5.74, 6) is -0.0439. The summed E-state index contributed by atoms with van der Waals surface area (Å²) in [6.07, 6.45) is 0.888. The Labute approximate surface area is 163 Å². The first-order chi connectivity index (χ1) is 11.8. The maximum Gasteiger partial charge on any atom is 0.241 e. The maximum absolute atomic E-state index is 13.0. The van der Waals surface area contributed by atoms with Crippen LogP contribution in [0, 0.1) is 11.7 Å². The van der Waals surface area contributed by atoms with Crippen LogP contribution in [0.15, 0.2) is 56.3 Å². The van der Waals surface area contributed by atoms with Crippen LogP contribution in [0.5, 0.6) is 0 Å². The lowest BCUT2D eigenvalue weighted by molar-refractivity contribution is 0.541. The number of nitrogens with one attached hydrogen (secondary N) is 1. The summed E-state index contributed by atoms with van der Waals surface area (Å²) in [5, 5.41) is 0. The Kier molecular flexibility index (Phi) is 5.82. The molecule has 2 aromatic rings. The van der Waals surface area contributed by atoms with Crippen molar-refractivity contribution >= 4 is 47.6 Å². The molecule has 0 amide bonds. The Morgan fingerprint density at radius 3 is 2.60 bits per heavy atom. The van der Waals surface area contributed by atoms with Crippen molar-refractivity contribution in [1.82, 2.24) is 4.72 Å². The standard InChI is InChI=1S/C17H17Br2FN2O2S/c18-13-1-6-16(19)17(9-13)25(23,24)21-10-12-7-8-22(11-12)15-4-2-14(20)3-5-15/h1-6,9,12,21H,7-8,10-11H2/t12-/m0/s1. The average molecular weight is 492 g/mol. The Balaban J connectivity index is 1.62. The fraction of sp³-hybridized carbons (Fsp3) is 0.294. The normalized spacial score (nSPS) is 17.9. The van der Waals surface area contributed by atoms with Gasteiger partial charge in [-0.3, -0.25) is 0 Å². The second-order valence-electron chi connectivity index (χ2n) is 6.00. The highest BCUT2D eigenvalue weighted by Gasteiger charge is 2.25. The van der Waals surface area contributed by atoms with Crippen molar-refractivity contribution in [1.29, 1.82) is 0 Å². The molecule has 25 heavy (non-hydrogen) atoms. The zero-order valence-corrected chi connectivity index (χ0v) is 17.2. The van der Waals surface area contributed by atoms with Crippen molar-refractivity contribution in [3.05, 3.63) is 57.2 Å². The van der Waals surface area contributed by atoms with Gasteiger partial charge >= 0.3 is 0 Å². The van der Waals surface area contributed by atoms with Gasteiger partial charge in [-0.2, -0.15) is 0 Å². The van der Waals surface area contributed by atoms with Gasteiger partial charge < -0.3 is 4.90 Å². The van der Waals surface area contributed by atoms with Gasteiger partial charge in [0.1, 0.15) is 5.82 Å². The van der Waals surface area contributed by atoms with Gasteiger partial charge in [-0.05, 0) is 70.7 Å². The van der Waals surface area contributed by atoms with E-state index in [1.54, 1.807) is 30.3 Å². The van der Waals surface area contributed by atoms with Gasteiger partial charge in [0.25, 0.3) is 0 Å². The molecule has 1 N–H and O–H groups in total. The lowest BCUT2D eigenvalue weighted by Crippen LogP contribution is -2.31. The van der Waals surface area contributed by atoms with Crippen LogP contribution in [0.2, 0.25) is 0 Å². The number of anilines is 1. The van der Waals surface area contributed by atoms with Crippen molar-refractivity contribution in [2.24, 2.45) is 5.92 Å². The molecule has 1 fully saturated rings. The van der Waals surface area contributed by atoms with Gasteiger partial charge in [0.15, 0.2) is 0 Å². The third-order valence-electron chi connectivity index (χ3n) is 4.22. The molecule has 1 atom stereocenters. The molecule has 0 aromatic heterocycles. The van der Waals surface area contributed by atoms with Crippen molar-refractivity contribution in [2.75, 3.05) is 24.5 Å². The minimum atomic E-state index is -3.58. The number of sulfonamides is 1. The van der Waals surface area contributed by atoms with Gasteiger partial charge in [-0.25, -0.2) is 17.5 Å². The Bertz CT molecular complexity index is 859. The summed E-state index contributed by atoms with van der Waals surface area (Å²) < 4.78 is 42.0. The molecule has 0 bridgehead atoms. The minimum Gasteiger partial charge on any atom is -0.371 e. The van der Waals surface area contributed by atoms with E-state index in [1.807, 2.05) is 0 Å². The van der Waals surface area contributed by atoms with E-state index in [0.29, 0.717) is 15.5 Å². The highest BCUT2D eigenvalue weighted by molar-refractivity contribution is 9.11. The lowest BCUT2D eigenvalue weighted by Gasteiger charge is -2.19. The van der Waals surface area contributed by atoms with Crippen LogP contribution >= 0.6 is 31.9 Å². The quantitative estimate of drug-likeness (QED) is 0.683. The average Bonchev–Trinajstić information content (AvgIpc) is 3.05. The van der Waals surface area contributed by atoms with Gasteiger partial charge in [0.2, 0.25) is 10.0 Å². The molecule has 8 heteroatoms. The van der Waals surface area contributed by atoms with E-state index in [9.17, 15) is 12.8 Å². The first-order valence-electron chi connectivity index (χ1n) is 7.80. The van der Waals surface area contributed by atoms with Gasteiger partial charge in [0, 0.05) is 34.3 Å². The monoisotopic (exact) mass is 490 g/mol. The molecule has 0 spiro atoms. The summed E-state index contributed by atoms with van der Waals surface area (Å²) in [7, 11) is -3.58. The van der Waals surface area contributed by atoms with Crippen molar-refractivity contribution in [3.8, 4) is 0 Å². The fourth-order valence-corrected chi connectivity index (χ4v) is 5.49. The van der Waals surface area contributed by atoms with E-state index in [-0.39, 0.29) is 16.6 Å². The van der Waals surface area contributed by atoms with Gasteiger partial charge in [-0.15, -0.1) is 0 Å². The molecule has 1 aliphatic rings. The lowest BCUT2D eigenvalue weighted by atomic mass is 10.1. The van der Waals surface area contributed by atoms with E-state index in [2.05, 4.69) is 41.5 Å². The van der Waals surface area contributed by atoms with Crippen LogP contribution in [0.25, 0.3) is 0 Å². The molecule has 3 rings (SSSR count). The molecule has 1 aliphatic heterocycles. The van der Waals surface area contributed by atoms with Crippen molar-refractivity contribution in [2.45, 2.75) is 11.3 Å². The van der Waals surface area contributed by atoms with Gasteiger partial charge in [-0.1, -0.05) is 15.9 Å². The fourth-order valence-electron chi connectivity index (χ4n) is 2.87. The maximum atomic E-state index is 13.0. The molecule has 1 heterocycles. The Morgan fingerprint density at radius 2 is 1.88 bits per heavy atom. The summed E-state index contributed by atoms with van der Waals surface area (Å²) in [6.45, 7) is 1.95. The smallest absolute Gasteiger partial charge is 0.241 e. The molecule has 0 aliphatic carbocycles. The predicted octanol–water partition coefficient (Wildman–Crippen LogP) is 4.16. The largest absolute Gasteiger partial charge is 0.371 e. The molecule has 2 aromatic carbocycles. The number of hydrogen-bond donors (Lipinski definition) is 1. The SMILES string of the molecule is O=S(=O)(NC[C@@H]1CCN(c2ccc(F)cc2)C1)c1cc(Br)ccc1Br. The van der Waals surface area contributed by atoms with Crippen LogP contribution in [-0.2, 0) is 10.0 Å². The van der Waals surface area contributed by atoms with Crippen molar-refractivity contribution in [3.63, 3.8) is 0 Å². The molecule has 0 unspecified atom stereocenters. The Morgan fingerprint density at radius 1 is 1.16 bits per heavy atom. The van der Waals surface area contributed by atoms with E-state index >= 15 is 0 Å². The highest BCUT2D eigenvalue weighted by Crippen LogP contribution is 2.27. The van der Waals surface area contributed by atoms with E-state index in [1.165, 1.54) is 12.1 Å². The number of nitrogens with zero attached hydrogens (tertiary/aromatic N) is 1. The number of halogens is 3. The Hall–Kier alpha value is -0.960. The van der Waals surface area contributed by atoms with E-state index < -0.39 is 10.0 Å². The van der Waals surface area contributed by atoms with Crippen LogP contribution < -0.4 is 9.62 Å². The van der Waals surface area contributed by atoms with Crippen LogP contribution in [-0.4, -0.2) is 28.1 Å². The molecule has 1 saturated heterocycles. The molecule has 134 valence electrons. The highest BCUT2D eigenvalue weighted by atomic mass is 79.9. The molecule has 0 radical (unpaired) electrons. The number of benzene rings is 2. The summed E-state index contributed by atoms with van der Waals surface area (Å²) >= 11 is 6.59. The zero-order chi connectivity index (χ0) is 18.0. The molecule has 0 saturated carbocycles. The number of hydrogen-bond acceptors (Lipinski definition) is 3. The second kappa shape index (κ2) is 7.73. The third kappa shape index (κ3) is 4.61. The number of rotatable bonds is 5. The summed E-state index contributed by atoms with van der Waals surface area (Å²) in [5.41, 5.74) is 0.960. The minimum absolute atomic E-state index is 0.214. The topological polar surface area (TPSA) is 49.4 Å². The summed E-state index contributed by atoms with van der Waals surface area (Å²) in [6, 6.07) is 11.4. The molecular formula is C17H17Br2FN2O2S. The van der Waals surface area contributed by atoms with E-state index in [4.69, 9.17) is 0 Å². The first-order valence-corrected chi connectivity index (χ1v) is 10.9. The van der Waals surface area contributed by atoms with Crippen LogP contribution in [0.3, 0.4) is 0 Å². The predicted molar refractivity (Wildman–Crippen MR) is 104 cm³/mol. The van der Waals surface area contributed by atoms with Crippen molar-refractivity contribution < 1.29 is 12.8 Å². The van der Waals surface area contributed by atoms with Crippen LogP contribution in [0.4, 0.5) is 10.1 Å². The molecule has 4 nitrogen and oxygen atoms in total. The van der Waals surface area contributed by atoms with Crippen LogP contribution in [0.1, 0.15) is 6.42 Å². The zero-order valence-electron chi connectivity index (χ0n) is 13.3. The third-order valence-corrected chi connectivity index (χ3v) is 7.13. The van der Waals surface area contributed by atoms with Gasteiger partial charge in [0.05, 0.1) is 4.90 Å². The second-order valence-corrected chi connectivity index (χ2v) is 9.51. The molecular weight excluding hydrogens is 475 g/mol.